The Morgan fingerprint density at radius 2 is 1.95 bits per heavy atom. The molecule has 0 fully saturated rings. The first-order valence-electron chi connectivity index (χ1n) is 6.07. The number of nitrogens with one attached hydrogen (secondary N) is 1. The van der Waals surface area contributed by atoms with Gasteiger partial charge in [0.1, 0.15) is 0 Å². The van der Waals surface area contributed by atoms with Crippen LogP contribution in [0.5, 0.6) is 0 Å². The Hall–Kier alpha value is -2.33. The molecule has 0 aliphatic heterocycles. The lowest BCUT2D eigenvalue weighted by molar-refractivity contribution is 0.0970. The molecule has 0 aliphatic carbocycles. The van der Waals surface area contributed by atoms with Gasteiger partial charge in [-0.15, -0.1) is 0 Å². The van der Waals surface area contributed by atoms with Crippen molar-refractivity contribution in [2.45, 2.75) is 6.54 Å². The van der Waals surface area contributed by atoms with Gasteiger partial charge in [-0.3, -0.25) is 14.8 Å². The quantitative estimate of drug-likeness (QED) is 0.751. The van der Waals surface area contributed by atoms with Crippen molar-refractivity contribution in [1.29, 1.82) is 5.41 Å². The first-order chi connectivity index (χ1) is 9.65. The average Bonchev–Trinajstić information content (AvgIpc) is 2.76. The molecule has 0 saturated heterocycles. The number of carbonyl (C=O) groups is 1. The number of fused-ring (bicyclic) bond motifs is 1. The second kappa shape index (κ2) is 4.98. The van der Waals surface area contributed by atoms with Crippen molar-refractivity contribution in [1.82, 2.24) is 4.57 Å². The fourth-order valence-corrected chi connectivity index (χ4v) is 2.24. The Balaban J connectivity index is 2.03. The summed E-state index contributed by atoms with van der Waals surface area (Å²) in [6, 6.07) is 14.1. The zero-order valence-corrected chi connectivity index (χ0v) is 11.2. The molecule has 0 atom stereocenters. The Labute approximate surface area is 119 Å². The predicted octanol–water partition coefficient (Wildman–Crippen LogP) is 3.25. The van der Waals surface area contributed by atoms with E-state index in [1.165, 1.54) is 4.57 Å². The van der Waals surface area contributed by atoms with Crippen LogP contribution in [0.1, 0.15) is 10.4 Å². The fraction of sp³-hybridized carbons (Fsp3) is 0.0667. The fourth-order valence-electron chi connectivity index (χ4n) is 2.07. The highest BCUT2D eigenvalue weighted by atomic mass is 35.5. The molecule has 100 valence electrons. The maximum absolute atomic E-state index is 12.2. The van der Waals surface area contributed by atoms with Crippen LogP contribution in [0.2, 0.25) is 5.02 Å². The van der Waals surface area contributed by atoms with Gasteiger partial charge < -0.3 is 4.42 Å². The molecular weight excluding hydrogens is 276 g/mol. The highest BCUT2D eigenvalue weighted by Crippen LogP contribution is 2.18. The van der Waals surface area contributed by atoms with Gasteiger partial charge in [0.15, 0.2) is 11.4 Å². The molecule has 1 N–H and O–H groups in total. The number of nitrogens with zero attached hydrogens (tertiary/aromatic N) is 1. The second-order valence-corrected chi connectivity index (χ2v) is 4.83. The summed E-state index contributed by atoms with van der Waals surface area (Å²) in [7, 11) is 0. The molecule has 0 aliphatic rings. The first kappa shape index (κ1) is 12.7. The van der Waals surface area contributed by atoms with Gasteiger partial charge in [-0.2, -0.15) is 0 Å². The number of rotatable bonds is 3. The molecule has 3 rings (SSSR count). The van der Waals surface area contributed by atoms with Crippen LogP contribution in [-0.2, 0) is 6.54 Å². The Morgan fingerprint density at radius 3 is 2.70 bits per heavy atom. The van der Waals surface area contributed by atoms with Crippen molar-refractivity contribution in [3.8, 4) is 0 Å². The predicted molar refractivity (Wildman–Crippen MR) is 75.8 cm³/mol. The van der Waals surface area contributed by atoms with E-state index in [9.17, 15) is 4.79 Å². The molecule has 0 bridgehead atoms. The molecule has 0 saturated carbocycles. The van der Waals surface area contributed by atoms with Crippen molar-refractivity contribution in [3.05, 3.63) is 64.8 Å². The monoisotopic (exact) mass is 286 g/mol. The molecule has 20 heavy (non-hydrogen) atoms. The zero-order valence-electron chi connectivity index (χ0n) is 10.5. The van der Waals surface area contributed by atoms with E-state index in [4.69, 9.17) is 21.4 Å². The summed E-state index contributed by atoms with van der Waals surface area (Å²) >= 11 is 5.95. The number of benzene rings is 2. The molecule has 0 radical (unpaired) electrons. The topological polar surface area (TPSA) is 59.0 Å². The molecular formula is C15H11ClN2O2. The first-order valence-corrected chi connectivity index (χ1v) is 6.45. The van der Waals surface area contributed by atoms with Crippen LogP contribution in [-0.4, -0.2) is 10.4 Å². The summed E-state index contributed by atoms with van der Waals surface area (Å²) < 4.78 is 6.82. The minimum Gasteiger partial charge on any atom is -0.424 e. The molecule has 2 aromatic carbocycles. The van der Waals surface area contributed by atoms with Gasteiger partial charge >= 0.3 is 0 Å². The maximum Gasteiger partial charge on any atom is 0.295 e. The lowest BCUT2D eigenvalue weighted by atomic mass is 10.1. The van der Waals surface area contributed by atoms with Gasteiger partial charge in [-0.05, 0) is 18.2 Å². The molecule has 0 unspecified atom stereocenters. The van der Waals surface area contributed by atoms with E-state index in [-0.39, 0.29) is 18.0 Å². The number of hydrogen-bond donors (Lipinski definition) is 1. The highest BCUT2D eigenvalue weighted by Gasteiger charge is 2.12. The number of oxazole rings is 1. The molecule has 4 nitrogen and oxygen atoms in total. The van der Waals surface area contributed by atoms with Crippen LogP contribution in [0.25, 0.3) is 11.1 Å². The summed E-state index contributed by atoms with van der Waals surface area (Å²) in [5.41, 5.74) is 1.73. The second-order valence-electron chi connectivity index (χ2n) is 4.39. The zero-order chi connectivity index (χ0) is 14.1. The smallest absolute Gasteiger partial charge is 0.295 e. The molecule has 1 heterocycles. The third kappa shape index (κ3) is 2.26. The van der Waals surface area contributed by atoms with Gasteiger partial charge in [0.05, 0.1) is 12.1 Å². The van der Waals surface area contributed by atoms with Crippen molar-refractivity contribution in [2.75, 3.05) is 0 Å². The van der Waals surface area contributed by atoms with Gasteiger partial charge in [0.25, 0.3) is 5.68 Å². The van der Waals surface area contributed by atoms with E-state index in [1.807, 2.05) is 18.2 Å². The molecule has 1 aromatic heterocycles. The summed E-state index contributed by atoms with van der Waals surface area (Å²) in [4.78, 5) is 12.2. The van der Waals surface area contributed by atoms with Crippen LogP contribution in [0.3, 0.4) is 0 Å². The van der Waals surface area contributed by atoms with Crippen molar-refractivity contribution in [3.63, 3.8) is 0 Å². The Kier molecular flexibility index (Phi) is 3.16. The van der Waals surface area contributed by atoms with Crippen LogP contribution < -0.4 is 5.68 Å². The third-order valence-electron chi connectivity index (χ3n) is 3.06. The number of carbonyl (C=O) groups excluding carboxylic acids is 1. The van der Waals surface area contributed by atoms with Crippen LogP contribution >= 0.6 is 11.6 Å². The van der Waals surface area contributed by atoms with Gasteiger partial charge in [0.2, 0.25) is 0 Å². The maximum atomic E-state index is 12.2. The minimum absolute atomic E-state index is 0.0518. The van der Waals surface area contributed by atoms with Crippen LogP contribution in [0.15, 0.2) is 52.9 Å². The van der Waals surface area contributed by atoms with Crippen molar-refractivity contribution in [2.24, 2.45) is 0 Å². The number of aromatic nitrogens is 1. The van der Waals surface area contributed by atoms with Gasteiger partial charge in [-0.25, -0.2) is 0 Å². The number of halogens is 1. The number of hydrogen-bond acceptors (Lipinski definition) is 3. The lowest BCUT2D eigenvalue weighted by Crippen LogP contribution is -2.20. The standard InChI is InChI=1S/C15H11ClN2O2/c16-11-6-7-14-12(8-11)18(15(17)20-14)9-13(19)10-4-2-1-3-5-10/h1-8,17H,9H2. The Bertz CT molecular complexity index is 834. The van der Waals surface area contributed by atoms with E-state index >= 15 is 0 Å². The summed E-state index contributed by atoms with van der Waals surface area (Å²) in [5.74, 6) is -0.0771. The highest BCUT2D eigenvalue weighted by molar-refractivity contribution is 6.31. The number of Topliss-reactive ketones (excluding diaryl/α,β-unsaturated/α-hetero) is 1. The molecule has 5 heteroatoms. The van der Waals surface area contributed by atoms with Crippen molar-refractivity contribution < 1.29 is 9.21 Å². The van der Waals surface area contributed by atoms with E-state index in [0.717, 1.165) is 0 Å². The lowest BCUT2D eigenvalue weighted by Gasteiger charge is -2.03. The minimum atomic E-state index is -0.0771. The summed E-state index contributed by atoms with van der Waals surface area (Å²) in [6.45, 7) is 0.0518. The summed E-state index contributed by atoms with van der Waals surface area (Å²) in [5, 5.41) is 8.37. The number of ketones is 1. The largest absolute Gasteiger partial charge is 0.424 e. The SMILES string of the molecule is N=c1oc2ccc(Cl)cc2n1CC(=O)c1ccccc1. The van der Waals surface area contributed by atoms with E-state index in [1.54, 1.807) is 30.3 Å². The van der Waals surface area contributed by atoms with E-state index in [2.05, 4.69) is 0 Å². The van der Waals surface area contributed by atoms with Crippen LogP contribution in [0, 0.1) is 5.41 Å². The third-order valence-corrected chi connectivity index (χ3v) is 3.30. The Morgan fingerprint density at radius 1 is 1.20 bits per heavy atom. The van der Waals surface area contributed by atoms with E-state index in [0.29, 0.717) is 21.7 Å². The van der Waals surface area contributed by atoms with Gasteiger partial charge in [-0.1, -0.05) is 41.9 Å². The molecule has 0 spiro atoms. The normalized spacial score (nSPS) is 10.8. The van der Waals surface area contributed by atoms with Gasteiger partial charge in [0, 0.05) is 10.6 Å². The van der Waals surface area contributed by atoms with E-state index < -0.39 is 0 Å². The molecule has 0 amide bonds. The average molecular weight is 287 g/mol. The molecule has 3 aromatic rings. The summed E-state index contributed by atoms with van der Waals surface area (Å²) in [6.07, 6.45) is 0. The van der Waals surface area contributed by atoms with Crippen molar-refractivity contribution >= 4 is 28.5 Å². The van der Waals surface area contributed by atoms with Crippen LogP contribution in [0.4, 0.5) is 0 Å².